The van der Waals surface area contributed by atoms with Gasteiger partial charge in [0.2, 0.25) is 5.91 Å². The van der Waals surface area contributed by atoms with Crippen molar-refractivity contribution in [3.8, 4) is 5.75 Å². The third-order valence-electron chi connectivity index (χ3n) is 4.12. The van der Waals surface area contributed by atoms with E-state index in [2.05, 4.69) is 20.2 Å². The molecule has 0 bridgehead atoms. The van der Waals surface area contributed by atoms with Crippen LogP contribution in [0.1, 0.15) is 0 Å². The number of thiazole rings is 1. The Bertz CT molecular complexity index is 939. The second-order valence-corrected chi connectivity index (χ2v) is 7.13. The molecule has 3 aromatic rings. The highest BCUT2D eigenvalue weighted by atomic mass is 35.5. The Morgan fingerprint density at radius 3 is 3.00 bits per heavy atom. The second-order valence-electron chi connectivity index (χ2n) is 5.76. The van der Waals surface area contributed by atoms with Gasteiger partial charge in [-0.25, -0.2) is 9.97 Å². The lowest BCUT2D eigenvalue weighted by molar-refractivity contribution is -0.120. The van der Waals surface area contributed by atoms with Gasteiger partial charge in [0.25, 0.3) is 0 Å². The number of rotatable bonds is 4. The van der Waals surface area contributed by atoms with Crippen molar-refractivity contribution in [2.24, 2.45) is 5.92 Å². The molecular formula is C17H15ClN4O2S. The molecule has 1 aliphatic rings. The summed E-state index contributed by atoms with van der Waals surface area (Å²) in [5.74, 6) is 0.658. The number of nitrogens with one attached hydrogen (secondary N) is 1. The number of halogens is 1. The smallest absolute Gasteiger partial charge is 0.231 e. The number of aromatic nitrogens is 2. The van der Waals surface area contributed by atoms with E-state index in [0.717, 1.165) is 21.1 Å². The number of fused-ring (bicyclic) bond motifs is 1. The average molecular weight is 375 g/mol. The number of anilines is 2. The van der Waals surface area contributed by atoms with Gasteiger partial charge in [-0.05, 0) is 24.3 Å². The Morgan fingerprint density at radius 1 is 1.40 bits per heavy atom. The van der Waals surface area contributed by atoms with Crippen molar-refractivity contribution in [3.63, 3.8) is 0 Å². The van der Waals surface area contributed by atoms with E-state index in [9.17, 15) is 4.79 Å². The maximum atomic E-state index is 12.3. The predicted octanol–water partition coefficient (Wildman–Crippen LogP) is 3.43. The summed E-state index contributed by atoms with van der Waals surface area (Å²) >= 11 is 7.59. The minimum atomic E-state index is -0.0854. The summed E-state index contributed by atoms with van der Waals surface area (Å²) in [4.78, 5) is 23.0. The number of amides is 1. The molecule has 8 heteroatoms. The molecule has 1 saturated heterocycles. The van der Waals surface area contributed by atoms with Crippen LogP contribution in [0, 0.1) is 5.92 Å². The number of ether oxygens (including phenoxy) is 1. The molecule has 25 heavy (non-hydrogen) atoms. The molecule has 1 fully saturated rings. The van der Waals surface area contributed by atoms with Crippen LogP contribution in [-0.2, 0) is 4.79 Å². The van der Waals surface area contributed by atoms with Gasteiger partial charge >= 0.3 is 0 Å². The standard InChI is InChI=1S/C17H15ClN4O2S/c1-24-11-4-5-14-13(7-11)21-17(25-14)22-8-10(9-22)16(23)20-12-3-2-6-19-15(12)18/h2-7,10H,8-9H2,1H3,(H,20,23). The minimum absolute atomic E-state index is 0.0473. The zero-order valence-corrected chi connectivity index (χ0v) is 15.0. The molecule has 128 valence electrons. The van der Waals surface area contributed by atoms with E-state index in [1.165, 1.54) is 0 Å². The largest absolute Gasteiger partial charge is 0.497 e. The molecule has 1 aliphatic heterocycles. The van der Waals surface area contributed by atoms with Gasteiger partial charge in [-0.1, -0.05) is 22.9 Å². The highest BCUT2D eigenvalue weighted by Gasteiger charge is 2.34. The normalized spacial score (nSPS) is 14.4. The first-order valence-corrected chi connectivity index (χ1v) is 8.94. The van der Waals surface area contributed by atoms with Gasteiger partial charge < -0.3 is 15.0 Å². The van der Waals surface area contributed by atoms with E-state index in [4.69, 9.17) is 16.3 Å². The number of hydrogen-bond acceptors (Lipinski definition) is 6. The molecule has 6 nitrogen and oxygen atoms in total. The Hall–Kier alpha value is -2.38. The number of hydrogen-bond donors (Lipinski definition) is 1. The molecule has 2 aromatic heterocycles. The highest BCUT2D eigenvalue weighted by Crippen LogP contribution is 2.34. The Morgan fingerprint density at radius 2 is 2.24 bits per heavy atom. The zero-order chi connectivity index (χ0) is 17.4. The van der Waals surface area contributed by atoms with Gasteiger partial charge in [0.15, 0.2) is 10.3 Å². The zero-order valence-electron chi connectivity index (χ0n) is 13.4. The molecule has 4 rings (SSSR count). The van der Waals surface area contributed by atoms with Crippen LogP contribution < -0.4 is 15.0 Å². The summed E-state index contributed by atoms with van der Waals surface area (Å²) in [5.41, 5.74) is 1.45. The molecule has 0 atom stereocenters. The van der Waals surface area contributed by atoms with E-state index >= 15 is 0 Å². The lowest BCUT2D eigenvalue weighted by Crippen LogP contribution is -2.52. The summed E-state index contributed by atoms with van der Waals surface area (Å²) in [5, 5.41) is 4.05. The summed E-state index contributed by atoms with van der Waals surface area (Å²) in [6.07, 6.45) is 1.59. The van der Waals surface area contributed by atoms with Crippen molar-refractivity contribution in [1.82, 2.24) is 9.97 Å². The first kappa shape index (κ1) is 16.1. The van der Waals surface area contributed by atoms with E-state index in [1.807, 2.05) is 18.2 Å². The topological polar surface area (TPSA) is 67.3 Å². The van der Waals surface area contributed by atoms with Crippen LogP contribution >= 0.6 is 22.9 Å². The van der Waals surface area contributed by atoms with Crippen molar-refractivity contribution >= 4 is 49.9 Å². The fourth-order valence-corrected chi connectivity index (χ4v) is 3.80. The lowest BCUT2D eigenvalue weighted by Gasteiger charge is -2.37. The van der Waals surface area contributed by atoms with Gasteiger partial charge in [-0.15, -0.1) is 0 Å². The van der Waals surface area contributed by atoms with Crippen LogP contribution in [0.15, 0.2) is 36.5 Å². The van der Waals surface area contributed by atoms with E-state index in [0.29, 0.717) is 23.9 Å². The number of benzene rings is 1. The van der Waals surface area contributed by atoms with Crippen molar-refractivity contribution in [3.05, 3.63) is 41.7 Å². The SMILES string of the molecule is COc1ccc2sc(N3CC(C(=O)Nc4cccnc4Cl)C3)nc2c1. The fraction of sp³-hybridized carbons (Fsp3) is 0.235. The van der Waals surface area contributed by atoms with E-state index < -0.39 is 0 Å². The second kappa shape index (κ2) is 6.50. The Balaban J connectivity index is 1.41. The molecule has 0 unspecified atom stereocenters. The van der Waals surface area contributed by atoms with Gasteiger partial charge in [0.1, 0.15) is 5.75 Å². The quantitative estimate of drug-likeness (QED) is 0.708. The third-order valence-corrected chi connectivity index (χ3v) is 5.52. The van der Waals surface area contributed by atoms with Crippen molar-refractivity contribution in [1.29, 1.82) is 0 Å². The number of carbonyl (C=O) groups excluding carboxylic acids is 1. The van der Waals surface area contributed by atoms with Crippen molar-refractivity contribution < 1.29 is 9.53 Å². The molecule has 1 aromatic carbocycles. The van der Waals surface area contributed by atoms with Gasteiger partial charge in [-0.2, -0.15) is 0 Å². The molecular weight excluding hydrogens is 360 g/mol. The predicted molar refractivity (Wildman–Crippen MR) is 99.8 cm³/mol. The molecule has 1 amide bonds. The summed E-state index contributed by atoms with van der Waals surface area (Å²) in [7, 11) is 1.64. The average Bonchev–Trinajstić information content (AvgIpc) is 2.98. The highest BCUT2D eigenvalue weighted by molar-refractivity contribution is 7.22. The molecule has 0 spiro atoms. The van der Waals surface area contributed by atoms with Gasteiger partial charge in [0.05, 0.1) is 28.9 Å². The van der Waals surface area contributed by atoms with Crippen LogP contribution in [0.5, 0.6) is 5.75 Å². The number of pyridine rings is 1. The van der Waals surface area contributed by atoms with Crippen LogP contribution in [0.2, 0.25) is 5.15 Å². The van der Waals surface area contributed by atoms with Crippen LogP contribution in [0.4, 0.5) is 10.8 Å². The fourth-order valence-electron chi connectivity index (χ4n) is 2.67. The Labute approximate surface area is 153 Å². The summed E-state index contributed by atoms with van der Waals surface area (Å²) in [6.45, 7) is 1.28. The monoisotopic (exact) mass is 374 g/mol. The van der Waals surface area contributed by atoms with E-state index in [1.54, 1.807) is 36.8 Å². The van der Waals surface area contributed by atoms with Crippen LogP contribution in [0.25, 0.3) is 10.2 Å². The first-order valence-electron chi connectivity index (χ1n) is 7.75. The minimum Gasteiger partial charge on any atom is -0.497 e. The van der Waals surface area contributed by atoms with Gasteiger partial charge in [0, 0.05) is 25.4 Å². The van der Waals surface area contributed by atoms with Crippen molar-refractivity contribution in [2.75, 3.05) is 30.4 Å². The number of nitrogens with zero attached hydrogens (tertiary/aromatic N) is 3. The first-order chi connectivity index (χ1) is 12.1. The maximum absolute atomic E-state index is 12.3. The maximum Gasteiger partial charge on any atom is 0.231 e. The molecule has 0 aliphatic carbocycles. The summed E-state index contributed by atoms with van der Waals surface area (Å²) in [6, 6.07) is 9.33. The van der Waals surface area contributed by atoms with Crippen LogP contribution in [-0.4, -0.2) is 36.1 Å². The Kier molecular flexibility index (Phi) is 4.19. The summed E-state index contributed by atoms with van der Waals surface area (Å²) < 4.78 is 6.33. The van der Waals surface area contributed by atoms with Crippen molar-refractivity contribution in [2.45, 2.75) is 0 Å². The molecule has 1 N–H and O–H groups in total. The third kappa shape index (κ3) is 3.12. The molecule has 0 saturated carbocycles. The number of carbonyl (C=O) groups is 1. The van der Waals surface area contributed by atoms with Gasteiger partial charge in [-0.3, -0.25) is 4.79 Å². The lowest BCUT2D eigenvalue weighted by atomic mass is 10.00. The molecule has 0 radical (unpaired) electrons. The molecule has 3 heterocycles. The van der Waals surface area contributed by atoms with Crippen LogP contribution in [0.3, 0.4) is 0 Å². The number of methoxy groups -OCH3 is 1. The van der Waals surface area contributed by atoms with E-state index in [-0.39, 0.29) is 11.8 Å².